The molecule has 0 N–H and O–H groups in total. The van der Waals surface area contributed by atoms with E-state index in [1.54, 1.807) is 16.8 Å². The Kier molecular flexibility index (Phi) is 4.85. The lowest BCUT2D eigenvalue weighted by atomic mass is 10.1. The summed E-state index contributed by atoms with van der Waals surface area (Å²) >= 11 is 1.39. The molecule has 1 heterocycles. The quantitative estimate of drug-likeness (QED) is 0.424. The summed E-state index contributed by atoms with van der Waals surface area (Å²) in [6.07, 6.45) is 0.834. The molecule has 4 aromatic rings. The van der Waals surface area contributed by atoms with Crippen molar-refractivity contribution in [2.45, 2.75) is 9.92 Å². The van der Waals surface area contributed by atoms with Crippen LogP contribution in [0.25, 0.3) is 16.9 Å². The van der Waals surface area contributed by atoms with Gasteiger partial charge in [-0.25, -0.2) is 9.07 Å². The average Bonchev–Trinajstić information content (AvgIpc) is 3.09. The van der Waals surface area contributed by atoms with Gasteiger partial charge in [0.2, 0.25) is 0 Å². The summed E-state index contributed by atoms with van der Waals surface area (Å²) < 4.78 is 15.0. The van der Waals surface area contributed by atoms with Gasteiger partial charge in [0.15, 0.2) is 6.29 Å². The maximum atomic E-state index is 13.3. The number of aromatic nitrogens is 2. The van der Waals surface area contributed by atoms with Gasteiger partial charge in [0.25, 0.3) is 0 Å². The van der Waals surface area contributed by atoms with Crippen molar-refractivity contribution in [2.75, 3.05) is 0 Å². The number of para-hydroxylation sites is 1. The van der Waals surface area contributed by atoms with Crippen LogP contribution in [0, 0.1) is 5.82 Å². The summed E-state index contributed by atoms with van der Waals surface area (Å²) in [7, 11) is 0. The largest absolute Gasteiger partial charge is 0.298 e. The number of carbonyl (C=O) groups is 1. The van der Waals surface area contributed by atoms with Crippen molar-refractivity contribution in [1.29, 1.82) is 0 Å². The standard InChI is InChI=1S/C22H15FN2OS/c23-17-11-13-19(14-12-17)27-22-20(15-26)21(16-7-3-1-4-8-16)24-25(22)18-9-5-2-6-10-18/h1-15H. The van der Waals surface area contributed by atoms with Crippen LogP contribution in [0.1, 0.15) is 10.4 Å². The molecule has 3 aromatic carbocycles. The second kappa shape index (κ2) is 7.60. The summed E-state index contributed by atoms with van der Waals surface area (Å²) in [6.45, 7) is 0. The molecule has 0 saturated heterocycles. The number of benzene rings is 3. The van der Waals surface area contributed by atoms with Crippen LogP contribution < -0.4 is 0 Å². The van der Waals surface area contributed by atoms with Gasteiger partial charge in [-0.2, -0.15) is 5.10 Å². The Morgan fingerprint density at radius 3 is 2.11 bits per heavy atom. The van der Waals surface area contributed by atoms with Crippen molar-refractivity contribution in [3.8, 4) is 16.9 Å². The SMILES string of the molecule is O=Cc1c(-c2ccccc2)nn(-c2ccccc2)c1Sc1ccc(F)cc1. The van der Waals surface area contributed by atoms with E-state index in [-0.39, 0.29) is 5.82 Å². The van der Waals surface area contributed by atoms with Gasteiger partial charge in [-0.15, -0.1) is 0 Å². The van der Waals surface area contributed by atoms with E-state index in [9.17, 15) is 9.18 Å². The molecule has 3 nitrogen and oxygen atoms in total. The molecule has 0 aliphatic heterocycles. The first kappa shape index (κ1) is 17.2. The number of halogens is 1. The number of nitrogens with zero attached hydrogens (tertiary/aromatic N) is 2. The Morgan fingerprint density at radius 2 is 1.48 bits per heavy atom. The van der Waals surface area contributed by atoms with E-state index in [0.717, 1.165) is 22.4 Å². The fourth-order valence-electron chi connectivity index (χ4n) is 2.79. The Labute approximate surface area is 160 Å². The molecule has 0 aliphatic rings. The van der Waals surface area contributed by atoms with Crippen molar-refractivity contribution < 1.29 is 9.18 Å². The molecule has 0 bridgehead atoms. The molecule has 132 valence electrons. The highest BCUT2D eigenvalue weighted by atomic mass is 32.2. The lowest BCUT2D eigenvalue weighted by Gasteiger charge is -2.07. The normalized spacial score (nSPS) is 10.7. The van der Waals surface area contributed by atoms with Crippen LogP contribution in [0.2, 0.25) is 0 Å². The van der Waals surface area contributed by atoms with Gasteiger partial charge in [-0.05, 0) is 36.4 Å². The topological polar surface area (TPSA) is 34.9 Å². The van der Waals surface area contributed by atoms with E-state index >= 15 is 0 Å². The van der Waals surface area contributed by atoms with Crippen molar-refractivity contribution >= 4 is 18.0 Å². The molecule has 0 unspecified atom stereocenters. The minimum atomic E-state index is -0.295. The maximum Gasteiger partial charge on any atom is 0.155 e. The highest BCUT2D eigenvalue weighted by molar-refractivity contribution is 7.99. The van der Waals surface area contributed by atoms with Crippen LogP contribution in [0.5, 0.6) is 0 Å². The van der Waals surface area contributed by atoms with E-state index in [1.165, 1.54) is 23.9 Å². The molecular weight excluding hydrogens is 359 g/mol. The summed E-state index contributed by atoms with van der Waals surface area (Å²) in [6, 6.07) is 25.5. The van der Waals surface area contributed by atoms with Gasteiger partial charge in [-0.1, -0.05) is 60.3 Å². The number of hydrogen-bond donors (Lipinski definition) is 0. The molecule has 0 fully saturated rings. The van der Waals surface area contributed by atoms with Crippen LogP contribution in [0.4, 0.5) is 4.39 Å². The number of hydrogen-bond acceptors (Lipinski definition) is 3. The van der Waals surface area contributed by atoms with E-state index in [4.69, 9.17) is 5.10 Å². The van der Waals surface area contributed by atoms with Crippen molar-refractivity contribution in [3.05, 3.63) is 96.3 Å². The zero-order chi connectivity index (χ0) is 18.6. The Bertz CT molecular complexity index is 1060. The second-order valence-electron chi connectivity index (χ2n) is 5.85. The zero-order valence-corrected chi connectivity index (χ0v) is 15.1. The zero-order valence-electron chi connectivity index (χ0n) is 14.2. The summed E-state index contributed by atoms with van der Waals surface area (Å²) in [5, 5.41) is 5.42. The smallest absolute Gasteiger partial charge is 0.155 e. The molecule has 0 atom stereocenters. The predicted molar refractivity (Wildman–Crippen MR) is 105 cm³/mol. The van der Waals surface area contributed by atoms with E-state index in [2.05, 4.69) is 0 Å². The van der Waals surface area contributed by atoms with Crippen LogP contribution in [0.3, 0.4) is 0 Å². The van der Waals surface area contributed by atoms with Crippen LogP contribution >= 0.6 is 11.8 Å². The molecule has 0 spiro atoms. The third-order valence-corrected chi connectivity index (χ3v) is 5.17. The molecule has 4 rings (SSSR count). The average molecular weight is 374 g/mol. The Balaban J connectivity index is 1.90. The van der Waals surface area contributed by atoms with Gasteiger partial charge in [0.05, 0.1) is 11.3 Å². The predicted octanol–water partition coefficient (Wildman–Crippen LogP) is 5.64. The molecule has 0 radical (unpaired) electrons. The fraction of sp³-hybridized carbons (Fsp3) is 0. The van der Waals surface area contributed by atoms with E-state index < -0.39 is 0 Å². The Hall–Kier alpha value is -3.18. The lowest BCUT2D eigenvalue weighted by Crippen LogP contribution is -1.98. The lowest BCUT2D eigenvalue weighted by molar-refractivity contribution is 0.112. The van der Waals surface area contributed by atoms with Crippen molar-refractivity contribution in [2.24, 2.45) is 0 Å². The van der Waals surface area contributed by atoms with Crippen LogP contribution in [-0.2, 0) is 0 Å². The van der Waals surface area contributed by atoms with Gasteiger partial charge < -0.3 is 0 Å². The van der Waals surface area contributed by atoms with Gasteiger partial charge in [0.1, 0.15) is 16.5 Å². The van der Waals surface area contributed by atoms with Crippen molar-refractivity contribution in [1.82, 2.24) is 9.78 Å². The molecule has 27 heavy (non-hydrogen) atoms. The number of rotatable bonds is 5. The Morgan fingerprint density at radius 1 is 0.852 bits per heavy atom. The number of aldehydes is 1. The molecular formula is C22H15FN2OS. The number of carbonyl (C=O) groups excluding carboxylic acids is 1. The third kappa shape index (κ3) is 3.55. The first-order valence-electron chi connectivity index (χ1n) is 8.39. The highest BCUT2D eigenvalue weighted by Crippen LogP contribution is 2.36. The monoisotopic (exact) mass is 374 g/mol. The summed E-state index contributed by atoms with van der Waals surface area (Å²) in [4.78, 5) is 12.8. The first-order valence-corrected chi connectivity index (χ1v) is 9.20. The van der Waals surface area contributed by atoms with Gasteiger partial charge >= 0.3 is 0 Å². The van der Waals surface area contributed by atoms with Gasteiger partial charge in [-0.3, -0.25) is 4.79 Å². The van der Waals surface area contributed by atoms with Crippen LogP contribution in [0.15, 0.2) is 94.9 Å². The maximum absolute atomic E-state index is 13.3. The van der Waals surface area contributed by atoms with Crippen LogP contribution in [-0.4, -0.2) is 16.1 Å². The van der Waals surface area contributed by atoms with E-state index in [1.807, 2.05) is 60.7 Å². The summed E-state index contributed by atoms with van der Waals surface area (Å²) in [5.74, 6) is -0.295. The minimum absolute atomic E-state index is 0.295. The molecule has 0 saturated carbocycles. The van der Waals surface area contributed by atoms with Gasteiger partial charge in [0, 0.05) is 10.5 Å². The highest BCUT2D eigenvalue weighted by Gasteiger charge is 2.20. The molecule has 5 heteroatoms. The minimum Gasteiger partial charge on any atom is -0.298 e. The fourth-order valence-corrected chi connectivity index (χ4v) is 3.77. The second-order valence-corrected chi connectivity index (χ2v) is 6.92. The summed E-state index contributed by atoms with van der Waals surface area (Å²) in [5.41, 5.74) is 2.86. The molecule has 1 aromatic heterocycles. The molecule has 0 aliphatic carbocycles. The molecule has 0 amide bonds. The third-order valence-electron chi connectivity index (χ3n) is 4.07. The van der Waals surface area contributed by atoms with E-state index in [0.29, 0.717) is 16.3 Å². The van der Waals surface area contributed by atoms with Crippen molar-refractivity contribution in [3.63, 3.8) is 0 Å². The first-order chi connectivity index (χ1) is 13.3.